The smallest absolute Gasteiger partial charge is 0.0617 e. The van der Waals surface area contributed by atoms with E-state index in [9.17, 15) is 0 Å². The molecule has 3 nitrogen and oxygen atoms in total. The van der Waals surface area contributed by atoms with Crippen molar-refractivity contribution in [1.82, 2.24) is 9.80 Å². The molecule has 3 heteroatoms. The molecule has 0 spiro atoms. The van der Waals surface area contributed by atoms with Crippen molar-refractivity contribution in [3.63, 3.8) is 0 Å². The highest BCUT2D eigenvalue weighted by atomic mass is 16.5. The predicted octanol–water partition coefficient (Wildman–Crippen LogP) is 1.97. The van der Waals surface area contributed by atoms with E-state index in [4.69, 9.17) is 4.74 Å². The molecule has 100 valence electrons. The Hall–Kier alpha value is -0.120. The number of piperidine rings is 1. The van der Waals surface area contributed by atoms with Crippen LogP contribution in [0.4, 0.5) is 0 Å². The Kier molecular flexibility index (Phi) is 5.26. The molecule has 2 aliphatic rings. The minimum Gasteiger partial charge on any atom is -0.383 e. The summed E-state index contributed by atoms with van der Waals surface area (Å²) in [5.41, 5.74) is 0. The van der Waals surface area contributed by atoms with Gasteiger partial charge in [-0.3, -0.25) is 9.80 Å². The van der Waals surface area contributed by atoms with Crippen molar-refractivity contribution < 1.29 is 4.74 Å². The molecule has 0 saturated carbocycles. The minimum absolute atomic E-state index is 0.627. The van der Waals surface area contributed by atoms with Gasteiger partial charge in [-0.05, 0) is 45.3 Å². The fraction of sp³-hybridized carbons (Fsp3) is 1.00. The molecule has 0 aromatic carbocycles. The van der Waals surface area contributed by atoms with E-state index in [1.807, 2.05) is 7.11 Å². The number of hydrogen-bond acceptors (Lipinski definition) is 3. The van der Waals surface area contributed by atoms with Crippen LogP contribution < -0.4 is 0 Å². The highest BCUT2D eigenvalue weighted by molar-refractivity contribution is 4.85. The standard InChI is InChI=1S/C14H28N2O/c1-3-13(12-17-2)16-10-6-9-15-8-5-4-7-14(15)11-16/h13-14H,3-12H2,1-2H3. The molecule has 0 radical (unpaired) electrons. The van der Waals surface area contributed by atoms with Crippen LogP contribution in [0.15, 0.2) is 0 Å². The van der Waals surface area contributed by atoms with Gasteiger partial charge >= 0.3 is 0 Å². The molecule has 0 N–H and O–H groups in total. The van der Waals surface area contributed by atoms with Gasteiger partial charge in [-0.15, -0.1) is 0 Å². The first-order valence-electron chi connectivity index (χ1n) is 7.32. The predicted molar refractivity (Wildman–Crippen MR) is 71.4 cm³/mol. The number of nitrogens with zero attached hydrogens (tertiary/aromatic N) is 2. The maximum absolute atomic E-state index is 5.37. The van der Waals surface area contributed by atoms with Crippen molar-refractivity contribution in [2.24, 2.45) is 0 Å². The van der Waals surface area contributed by atoms with E-state index in [0.29, 0.717) is 6.04 Å². The molecule has 0 bridgehead atoms. The van der Waals surface area contributed by atoms with E-state index in [-0.39, 0.29) is 0 Å². The Labute approximate surface area is 106 Å². The molecule has 2 saturated heterocycles. The molecule has 2 unspecified atom stereocenters. The van der Waals surface area contributed by atoms with Crippen molar-refractivity contribution in [2.75, 3.05) is 39.9 Å². The first-order chi connectivity index (χ1) is 8.35. The number of methoxy groups -OCH3 is 1. The van der Waals surface area contributed by atoms with Crippen LogP contribution in [-0.2, 0) is 4.74 Å². The SMILES string of the molecule is CCC(COC)N1CCCN2CCCCC2C1. The van der Waals surface area contributed by atoms with E-state index in [1.165, 1.54) is 58.3 Å². The molecule has 2 aliphatic heterocycles. The lowest BCUT2D eigenvalue weighted by molar-refractivity contribution is 0.0704. The van der Waals surface area contributed by atoms with Crippen LogP contribution in [0.3, 0.4) is 0 Å². The van der Waals surface area contributed by atoms with Crippen molar-refractivity contribution in [1.29, 1.82) is 0 Å². The van der Waals surface area contributed by atoms with Gasteiger partial charge in [-0.2, -0.15) is 0 Å². The van der Waals surface area contributed by atoms with E-state index < -0.39 is 0 Å². The number of hydrogen-bond donors (Lipinski definition) is 0. The maximum atomic E-state index is 5.37. The molecule has 2 rings (SSSR count). The van der Waals surface area contributed by atoms with Crippen LogP contribution in [0.5, 0.6) is 0 Å². The number of ether oxygens (including phenoxy) is 1. The average Bonchev–Trinajstić information content (AvgIpc) is 2.57. The molecular weight excluding hydrogens is 212 g/mol. The molecular formula is C14H28N2O. The van der Waals surface area contributed by atoms with Gasteiger partial charge in [0.1, 0.15) is 0 Å². The van der Waals surface area contributed by atoms with Crippen molar-refractivity contribution >= 4 is 0 Å². The van der Waals surface area contributed by atoms with Gasteiger partial charge in [-0.1, -0.05) is 13.3 Å². The quantitative estimate of drug-likeness (QED) is 0.747. The first kappa shape index (κ1) is 13.3. The van der Waals surface area contributed by atoms with E-state index >= 15 is 0 Å². The molecule has 0 aromatic rings. The van der Waals surface area contributed by atoms with Crippen molar-refractivity contribution in [3.8, 4) is 0 Å². The van der Waals surface area contributed by atoms with Crippen LogP contribution in [0.25, 0.3) is 0 Å². The average molecular weight is 240 g/mol. The summed E-state index contributed by atoms with van der Waals surface area (Å²) >= 11 is 0. The largest absolute Gasteiger partial charge is 0.383 e. The molecule has 17 heavy (non-hydrogen) atoms. The Balaban J connectivity index is 1.94. The Morgan fingerprint density at radius 2 is 2.00 bits per heavy atom. The molecule has 0 aromatic heterocycles. The zero-order valence-corrected chi connectivity index (χ0v) is 11.5. The van der Waals surface area contributed by atoms with Gasteiger partial charge < -0.3 is 4.74 Å². The summed E-state index contributed by atoms with van der Waals surface area (Å²) < 4.78 is 5.37. The number of fused-ring (bicyclic) bond motifs is 1. The lowest BCUT2D eigenvalue weighted by atomic mass is 10.0. The molecule has 2 fully saturated rings. The van der Waals surface area contributed by atoms with Crippen molar-refractivity contribution in [2.45, 2.75) is 51.1 Å². The summed E-state index contributed by atoms with van der Waals surface area (Å²) in [4.78, 5) is 5.41. The zero-order valence-electron chi connectivity index (χ0n) is 11.5. The second kappa shape index (κ2) is 6.72. The van der Waals surface area contributed by atoms with Gasteiger partial charge in [0.15, 0.2) is 0 Å². The van der Waals surface area contributed by atoms with Gasteiger partial charge in [0.25, 0.3) is 0 Å². The second-order valence-electron chi connectivity index (χ2n) is 5.55. The molecule has 2 atom stereocenters. The third kappa shape index (κ3) is 3.43. The Morgan fingerprint density at radius 3 is 2.76 bits per heavy atom. The molecule has 0 aliphatic carbocycles. The lowest BCUT2D eigenvalue weighted by Crippen LogP contribution is -2.47. The van der Waals surface area contributed by atoms with Gasteiger partial charge in [-0.25, -0.2) is 0 Å². The third-order valence-corrected chi connectivity index (χ3v) is 4.43. The molecule has 2 heterocycles. The van der Waals surface area contributed by atoms with Gasteiger partial charge in [0.05, 0.1) is 6.61 Å². The minimum atomic E-state index is 0.627. The van der Waals surface area contributed by atoms with E-state index in [2.05, 4.69) is 16.7 Å². The fourth-order valence-corrected chi connectivity index (χ4v) is 3.41. The highest BCUT2D eigenvalue weighted by Crippen LogP contribution is 2.22. The maximum Gasteiger partial charge on any atom is 0.0617 e. The summed E-state index contributed by atoms with van der Waals surface area (Å²) in [7, 11) is 1.83. The van der Waals surface area contributed by atoms with Crippen LogP contribution in [0.2, 0.25) is 0 Å². The monoisotopic (exact) mass is 240 g/mol. The summed E-state index contributed by atoms with van der Waals surface area (Å²) in [6, 6.07) is 1.44. The van der Waals surface area contributed by atoms with Crippen LogP contribution in [0, 0.1) is 0 Å². The summed E-state index contributed by atoms with van der Waals surface area (Å²) in [5, 5.41) is 0. The Morgan fingerprint density at radius 1 is 1.18 bits per heavy atom. The topological polar surface area (TPSA) is 15.7 Å². The normalized spacial score (nSPS) is 29.6. The number of rotatable bonds is 4. The summed E-state index contributed by atoms with van der Waals surface area (Å²) in [6.07, 6.45) is 6.78. The molecule has 0 amide bonds. The van der Waals surface area contributed by atoms with Gasteiger partial charge in [0.2, 0.25) is 0 Å². The fourth-order valence-electron chi connectivity index (χ4n) is 3.41. The van der Waals surface area contributed by atoms with Crippen LogP contribution in [0.1, 0.15) is 39.0 Å². The second-order valence-corrected chi connectivity index (χ2v) is 5.55. The van der Waals surface area contributed by atoms with Gasteiger partial charge in [0, 0.05) is 25.7 Å². The Bertz CT molecular complexity index is 222. The zero-order chi connectivity index (χ0) is 12.1. The highest BCUT2D eigenvalue weighted by Gasteiger charge is 2.29. The van der Waals surface area contributed by atoms with Crippen molar-refractivity contribution in [3.05, 3.63) is 0 Å². The van der Waals surface area contributed by atoms with Crippen LogP contribution in [-0.4, -0.2) is 61.8 Å². The first-order valence-corrected chi connectivity index (χ1v) is 7.32. The third-order valence-electron chi connectivity index (χ3n) is 4.43. The summed E-state index contributed by atoms with van der Waals surface area (Å²) in [5.74, 6) is 0. The summed E-state index contributed by atoms with van der Waals surface area (Å²) in [6.45, 7) is 8.34. The van der Waals surface area contributed by atoms with Crippen LogP contribution >= 0.6 is 0 Å². The van der Waals surface area contributed by atoms with E-state index in [0.717, 1.165) is 12.6 Å². The lowest BCUT2D eigenvalue weighted by Gasteiger charge is -2.37. The van der Waals surface area contributed by atoms with E-state index in [1.54, 1.807) is 0 Å².